The van der Waals surface area contributed by atoms with Crippen LogP contribution >= 0.6 is 11.6 Å². The molecule has 0 spiro atoms. The Hall–Kier alpha value is -3.26. The maximum atomic E-state index is 12.5. The fraction of sp³-hybridized carbons (Fsp3) is 0.0625. The standard InChI is InChI=1S/C16H10ClN3O5/c1-19-15(22)9-3-2-4-11(13(9)16(19)23)18-14(21)10-7-8(17)5-6-12(10)20(24)25/h2-7H,1H3,(H,18,21). The lowest BCUT2D eigenvalue weighted by atomic mass is 10.1. The Balaban J connectivity index is 2.02. The van der Waals surface area contributed by atoms with E-state index in [4.69, 9.17) is 11.6 Å². The van der Waals surface area contributed by atoms with Crippen molar-refractivity contribution in [2.75, 3.05) is 12.4 Å². The minimum absolute atomic E-state index is 0.0491. The molecule has 126 valence electrons. The molecule has 0 fully saturated rings. The average molecular weight is 360 g/mol. The van der Waals surface area contributed by atoms with E-state index in [1.54, 1.807) is 0 Å². The van der Waals surface area contributed by atoms with Crippen LogP contribution in [0.1, 0.15) is 31.1 Å². The molecule has 25 heavy (non-hydrogen) atoms. The third-order valence-electron chi connectivity index (χ3n) is 3.77. The molecular formula is C16H10ClN3O5. The first-order chi connectivity index (χ1) is 11.8. The fourth-order valence-corrected chi connectivity index (χ4v) is 2.72. The van der Waals surface area contributed by atoms with Crippen molar-refractivity contribution in [3.63, 3.8) is 0 Å². The summed E-state index contributed by atoms with van der Waals surface area (Å²) in [5.41, 5.74) is -0.368. The molecule has 1 aliphatic heterocycles. The van der Waals surface area contributed by atoms with Crippen LogP contribution in [0.2, 0.25) is 5.02 Å². The second kappa shape index (κ2) is 5.99. The van der Waals surface area contributed by atoms with Crippen LogP contribution in [0.3, 0.4) is 0 Å². The number of imide groups is 1. The van der Waals surface area contributed by atoms with Crippen LogP contribution < -0.4 is 5.32 Å². The quantitative estimate of drug-likeness (QED) is 0.514. The molecule has 0 atom stereocenters. The lowest BCUT2D eigenvalue weighted by molar-refractivity contribution is -0.385. The Morgan fingerprint density at radius 2 is 1.92 bits per heavy atom. The number of nitrogens with one attached hydrogen (secondary N) is 1. The molecule has 1 aliphatic rings. The first kappa shape index (κ1) is 16.6. The van der Waals surface area contributed by atoms with Gasteiger partial charge in [-0.15, -0.1) is 0 Å². The summed E-state index contributed by atoms with van der Waals surface area (Å²) >= 11 is 5.82. The molecule has 0 radical (unpaired) electrons. The van der Waals surface area contributed by atoms with E-state index in [0.717, 1.165) is 17.0 Å². The summed E-state index contributed by atoms with van der Waals surface area (Å²) in [5.74, 6) is -1.85. The molecule has 0 saturated heterocycles. The minimum Gasteiger partial charge on any atom is -0.321 e. The van der Waals surface area contributed by atoms with Crippen molar-refractivity contribution in [2.45, 2.75) is 0 Å². The summed E-state index contributed by atoms with van der Waals surface area (Å²) in [5, 5.41) is 13.7. The largest absolute Gasteiger partial charge is 0.321 e. The summed E-state index contributed by atoms with van der Waals surface area (Å²) < 4.78 is 0. The van der Waals surface area contributed by atoms with Crippen LogP contribution in [0, 0.1) is 10.1 Å². The number of nitrogens with zero attached hydrogens (tertiary/aromatic N) is 2. The molecule has 8 nitrogen and oxygen atoms in total. The number of halogens is 1. The molecule has 3 rings (SSSR count). The molecule has 1 heterocycles. The predicted octanol–water partition coefficient (Wildman–Crippen LogP) is 2.73. The molecule has 9 heteroatoms. The molecule has 0 bridgehead atoms. The van der Waals surface area contributed by atoms with Crippen molar-refractivity contribution in [1.82, 2.24) is 4.90 Å². The third kappa shape index (κ3) is 2.72. The van der Waals surface area contributed by atoms with E-state index >= 15 is 0 Å². The predicted molar refractivity (Wildman–Crippen MR) is 88.9 cm³/mol. The number of anilines is 1. The van der Waals surface area contributed by atoms with Gasteiger partial charge in [0.05, 0.1) is 21.7 Å². The summed E-state index contributed by atoms with van der Waals surface area (Å²) in [6.07, 6.45) is 0. The van der Waals surface area contributed by atoms with Crippen LogP contribution in [0.4, 0.5) is 11.4 Å². The number of hydrogen-bond acceptors (Lipinski definition) is 5. The number of benzene rings is 2. The normalized spacial score (nSPS) is 13.0. The van der Waals surface area contributed by atoms with Crippen molar-refractivity contribution in [3.05, 3.63) is 68.2 Å². The van der Waals surface area contributed by atoms with Gasteiger partial charge >= 0.3 is 0 Å². The SMILES string of the molecule is CN1C(=O)c2cccc(NC(=O)c3cc(Cl)ccc3[N+](=O)[O-])c2C1=O. The monoisotopic (exact) mass is 359 g/mol. The molecular weight excluding hydrogens is 350 g/mol. The molecule has 1 N–H and O–H groups in total. The van der Waals surface area contributed by atoms with Gasteiger partial charge in [-0.1, -0.05) is 17.7 Å². The van der Waals surface area contributed by atoms with Gasteiger partial charge in [0.15, 0.2) is 0 Å². The maximum Gasteiger partial charge on any atom is 0.282 e. The Morgan fingerprint density at radius 1 is 1.20 bits per heavy atom. The van der Waals surface area contributed by atoms with E-state index in [9.17, 15) is 24.5 Å². The highest BCUT2D eigenvalue weighted by Crippen LogP contribution is 2.30. The third-order valence-corrected chi connectivity index (χ3v) is 4.00. The van der Waals surface area contributed by atoms with E-state index in [1.807, 2.05) is 0 Å². The number of hydrogen-bond donors (Lipinski definition) is 1. The Bertz CT molecular complexity index is 957. The number of carbonyl (C=O) groups excluding carboxylic acids is 3. The molecule has 0 unspecified atom stereocenters. The van der Waals surface area contributed by atoms with Gasteiger partial charge in [0.2, 0.25) is 0 Å². The topological polar surface area (TPSA) is 110 Å². The Morgan fingerprint density at radius 3 is 2.60 bits per heavy atom. The summed E-state index contributed by atoms with van der Waals surface area (Å²) in [6.45, 7) is 0. The fourth-order valence-electron chi connectivity index (χ4n) is 2.54. The molecule has 2 aromatic carbocycles. The lowest BCUT2D eigenvalue weighted by Crippen LogP contribution is -2.24. The smallest absolute Gasteiger partial charge is 0.282 e. The Kier molecular flexibility index (Phi) is 3.97. The van der Waals surface area contributed by atoms with E-state index in [-0.39, 0.29) is 27.4 Å². The van der Waals surface area contributed by atoms with Crippen molar-refractivity contribution in [2.24, 2.45) is 0 Å². The highest BCUT2D eigenvalue weighted by molar-refractivity contribution is 6.31. The number of fused-ring (bicyclic) bond motifs is 1. The zero-order chi connectivity index (χ0) is 18.3. The minimum atomic E-state index is -0.808. The van der Waals surface area contributed by atoms with Crippen molar-refractivity contribution < 1.29 is 19.3 Å². The number of nitro benzene ring substituents is 1. The van der Waals surface area contributed by atoms with Crippen LogP contribution in [-0.4, -0.2) is 34.6 Å². The van der Waals surface area contributed by atoms with E-state index in [2.05, 4.69) is 5.32 Å². The highest BCUT2D eigenvalue weighted by Gasteiger charge is 2.35. The van der Waals surface area contributed by atoms with Crippen LogP contribution in [0.15, 0.2) is 36.4 Å². The number of amides is 3. The summed E-state index contributed by atoms with van der Waals surface area (Å²) in [6, 6.07) is 8.00. The number of rotatable bonds is 3. The molecule has 0 saturated carbocycles. The van der Waals surface area contributed by atoms with Gasteiger partial charge < -0.3 is 5.32 Å². The van der Waals surface area contributed by atoms with Gasteiger partial charge in [-0.3, -0.25) is 29.4 Å². The van der Waals surface area contributed by atoms with Gasteiger partial charge in [0.1, 0.15) is 5.56 Å². The van der Waals surface area contributed by atoms with Gasteiger partial charge in [-0.05, 0) is 24.3 Å². The summed E-state index contributed by atoms with van der Waals surface area (Å²) in [7, 11) is 1.33. The van der Waals surface area contributed by atoms with E-state index < -0.39 is 28.3 Å². The van der Waals surface area contributed by atoms with Crippen LogP contribution in [-0.2, 0) is 0 Å². The van der Waals surface area contributed by atoms with Gasteiger partial charge in [0, 0.05) is 18.1 Å². The van der Waals surface area contributed by atoms with E-state index in [1.165, 1.54) is 31.3 Å². The maximum absolute atomic E-state index is 12.5. The second-order valence-electron chi connectivity index (χ2n) is 5.27. The zero-order valence-corrected chi connectivity index (χ0v) is 13.5. The molecule has 0 aromatic heterocycles. The van der Waals surface area contributed by atoms with Crippen LogP contribution in [0.5, 0.6) is 0 Å². The van der Waals surface area contributed by atoms with Crippen LogP contribution in [0.25, 0.3) is 0 Å². The highest BCUT2D eigenvalue weighted by atomic mass is 35.5. The molecule has 2 aromatic rings. The van der Waals surface area contributed by atoms with Gasteiger partial charge in [-0.2, -0.15) is 0 Å². The summed E-state index contributed by atoms with van der Waals surface area (Å²) in [4.78, 5) is 48.0. The number of nitro groups is 1. The lowest BCUT2D eigenvalue weighted by Gasteiger charge is -2.09. The second-order valence-corrected chi connectivity index (χ2v) is 5.71. The number of carbonyl (C=O) groups is 3. The average Bonchev–Trinajstić information content (AvgIpc) is 2.80. The van der Waals surface area contributed by atoms with Crippen molar-refractivity contribution in [1.29, 1.82) is 0 Å². The van der Waals surface area contributed by atoms with E-state index in [0.29, 0.717) is 0 Å². The van der Waals surface area contributed by atoms with Crippen molar-refractivity contribution >= 4 is 40.7 Å². The first-order valence-electron chi connectivity index (χ1n) is 7.02. The Labute approximate surface area is 146 Å². The zero-order valence-electron chi connectivity index (χ0n) is 12.8. The molecule has 3 amide bonds. The van der Waals surface area contributed by atoms with Crippen molar-refractivity contribution in [3.8, 4) is 0 Å². The van der Waals surface area contributed by atoms with Gasteiger partial charge in [-0.25, -0.2) is 0 Å². The first-order valence-corrected chi connectivity index (χ1v) is 7.39. The van der Waals surface area contributed by atoms with Gasteiger partial charge in [0.25, 0.3) is 23.4 Å². The molecule has 0 aliphatic carbocycles.